The first-order chi connectivity index (χ1) is 24.5. The minimum absolute atomic E-state index is 0.0373. The van der Waals surface area contributed by atoms with Crippen molar-refractivity contribution in [1.29, 1.82) is 0 Å². The molecule has 4 nitrogen and oxygen atoms in total. The molecule has 286 valence electrons. The van der Waals surface area contributed by atoms with E-state index < -0.39 is 31.2 Å². The molecule has 0 bridgehead atoms. The van der Waals surface area contributed by atoms with E-state index in [2.05, 4.69) is 45.2 Å². The molecule has 0 unspecified atom stereocenters. The molecule has 0 aromatic heterocycles. The molecule has 0 amide bonds. The highest BCUT2D eigenvalue weighted by atomic mass is 127. The molecule has 1 fully saturated rings. The smallest absolute Gasteiger partial charge is 0.399 e. The Labute approximate surface area is 356 Å². The summed E-state index contributed by atoms with van der Waals surface area (Å²) in [6.45, 7) is 15.2. The van der Waals surface area contributed by atoms with Crippen LogP contribution in [0.5, 0.6) is 0 Å². The van der Waals surface area contributed by atoms with Crippen molar-refractivity contribution in [1.82, 2.24) is 0 Å². The van der Waals surface area contributed by atoms with Crippen molar-refractivity contribution >= 4 is 117 Å². The molecule has 53 heavy (non-hydrogen) atoms. The number of hydrogen-bond acceptors (Lipinski definition) is 4. The van der Waals surface area contributed by atoms with Crippen LogP contribution in [0.2, 0.25) is 20.1 Å². The zero-order valence-electron chi connectivity index (χ0n) is 30.0. The first kappa shape index (κ1) is 47.7. The molecule has 1 saturated heterocycles. The van der Waals surface area contributed by atoms with Crippen LogP contribution in [0, 0.1) is 34.8 Å². The highest BCUT2D eigenvalue weighted by Crippen LogP contribution is 2.37. The summed E-state index contributed by atoms with van der Waals surface area (Å²) in [5, 5.41) is 1.21. The van der Waals surface area contributed by atoms with Crippen molar-refractivity contribution in [3.8, 4) is 0 Å². The molecule has 0 saturated carbocycles. The Kier molecular flexibility index (Phi) is 18.6. The van der Waals surface area contributed by atoms with Crippen LogP contribution < -0.4 is 5.46 Å². The number of hydrogen-bond donors (Lipinski definition) is 0. The molecule has 0 atom stereocenters. The maximum Gasteiger partial charge on any atom is 0.495 e. The largest absolute Gasteiger partial charge is 0.495 e. The van der Waals surface area contributed by atoms with E-state index in [0.717, 1.165) is 36.4 Å². The zero-order chi connectivity index (χ0) is 40.6. The number of carbonyl (C=O) groups is 2. The van der Waals surface area contributed by atoms with Crippen molar-refractivity contribution < 1.29 is 36.5 Å². The van der Waals surface area contributed by atoms with E-state index in [4.69, 9.17) is 55.7 Å². The Balaban J connectivity index is 0.000000256. The molecular formula is C38H37BCl4F4I2O4. The maximum absolute atomic E-state index is 12.8. The third-order valence-electron chi connectivity index (χ3n) is 8.32. The Morgan fingerprint density at radius 3 is 1.47 bits per heavy atom. The molecule has 5 rings (SSSR count). The van der Waals surface area contributed by atoms with Crippen molar-refractivity contribution in [3.63, 3.8) is 0 Å². The van der Waals surface area contributed by atoms with Gasteiger partial charge >= 0.3 is 7.12 Å². The van der Waals surface area contributed by atoms with Gasteiger partial charge in [0.1, 0.15) is 0 Å². The summed E-state index contributed by atoms with van der Waals surface area (Å²) in [6.07, 6.45) is -3.55. The van der Waals surface area contributed by atoms with Crippen LogP contribution in [0.1, 0.15) is 94.6 Å². The quantitative estimate of drug-likeness (QED) is 0.0865. The van der Waals surface area contributed by atoms with E-state index in [1.807, 2.05) is 47.6 Å². The average molecular weight is 1040 g/mol. The molecule has 0 aliphatic carbocycles. The lowest BCUT2D eigenvalue weighted by atomic mass is 9.76. The first-order valence-electron chi connectivity index (χ1n) is 15.8. The fraction of sp³-hybridized carbons (Fsp3) is 0.316. The molecule has 1 heterocycles. The summed E-state index contributed by atoms with van der Waals surface area (Å²) >= 11 is 27.2. The van der Waals surface area contributed by atoms with E-state index in [9.17, 15) is 27.2 Å². The van der Waals surface area contributed by atoms with Gasteiger partial charge in [-0.2, -0.15) is 0 Å². The average Bonchev–Trinajstić information content (AvgIpc) is 3.29. The second kappa shape index (κ2) is 20.6. The van der Waals surface area contributed by atoms with Crippen LogP contribution in [0.25, 0.3) is 0 Å². The second-order valence-corrected chi connectivity index (χ2v) is 16.9. The van der Waals surface area contributed by atoms with Crippen LogP contribution in [-0.4, -0.2) is 30.9 Å². The van der Waals surface area contributed by atoms with Gasteiger partial charge in [0.05, 0.1) is 26.3 Å². The van der Waals surface area contributed by atoms with Crippen LogP contribution in [0.4, 0.5) is 17.6 Å². The molecule has 0 spiro atoms. The number of aryl methyl sites for hydroxylation is 4. The lowest BCUT2D eigenvalue weighted by Crippen LogP contribution is -2.41. The van der Waals surface area contributed by atoms with Crippen molar-refractivity contribution in [2.24, 2.45) is 0 Å². The summed E-state index contributed by atoms with van der Waals surface area (Å²) in [4.78, 5) is 20.7. The molecular weight excluding hydrogens is 1000 g/mol. The van der Waals surface area contributed by atoms with Gasteiger partial charge in [-0.3, -0.25) is 9.59 Å². The number of halogens is 10. The molecule has 1 aliphatic heterocycles. The Morgan fingerprint density at radius 2 is 1.02 bits per heavy atom. The Bertz CT molecular complexity index is 1910. The molecule has 15 heteroatoms. The van der Waals surface area contributed by atoms with Crippen LogP contribution >= 0.6 is 91.6 Å². The third-order valence-corrected chi connectivity index (χ3v) is 12.0. The predicted molar refractivity (Wildman–Crippen MR) is 227 cm³/mol. The molecule has 4 aromatic carbocycles. The van der Waals surface area contributed by atoms with E-state index >= 15 is 0 Å². The number of alkyl halides is 4. The first-order valence-corrected chi connectivity index (χ1v) is 19.4. The third kappa shape index (κ3) is 13.3. The van der Waals surface area contributed by atoms with Gasteiger partial charge in [-0.15, -0.1) is 0 Å². The summed E-state index contributed by atoms with van der Waals surface area (Å²) in [7, 11) is -0.593. The van der Waals surface area contributed by atoms with Crippen LogP contribution in [-0.2, 0) is 9.31 Å². The van der Waals surface area contributed by atoms with Gasteiger partial charge in [-0.05, 0) is 166 Å². The fourth-order valence-corrected chi connectivity index (χ4v) is 6.65. The summed E-state index contributed by atoms with van der Waals surface area (Å²) in [5.74, 6) is 0. The molecule has 4 aromatic rings. The van der Waals surface area contributed by atoms with E-state index in [0.29, 0.717) is 32.2 Å². The zero-order valence-corrected chi connectivity index (χ0v) is 37.3. The van der Waals surface area contributed by atoms with Gasteiger partial charge < -0.3 is 9.31 Å². The van der Waals surface area contributed by atoms with Gasteiger partial charge in [0.15, 0.2) is 12.6 Å². The van der Waals surface area contributed by atoms with E-state index in [1.54, 1.807) is 44.2 Å². The van der Waals surface area contributed by atoms with Gasteiger partial charge in [0, 0.05) is 34.4 Å². The van der Waals surface area contributed by atoms with E-state index in [-0.39, 0.29) is 21.2 Å². The monoisotopic (exact) mass is 1040 g/mol. The Morgan fingerprint density at radius 1 is 0.604 bits per heavy atom. The summed E-state index contributed by atoms with van der Waals surface area (Å²) in [5.41, 5.74) is 4.25. The van der Waals surface area contributed by atoms with Gasteiger partial charge in [-0.25, -0.2) is 17.6 Å². The van der Waals surface area contributed by atoms with Crippen molar-refractivity contribution in [3.05, 3.63) is 126 Å². The standard InChI is InChI=1S/C14H18BClF2O2.C8H6ClF2I.C8H6ClIO.C8H7ClO/c1-8-6-9(12(17)18)11(16)7-10(8)15-19-13(2,3)14(4,5)20-15;1-4-2-5(8(10)11)6(9)3-7(4)12;1-5-2-6(4-11)7(9)3-8(5)10;1-6-2-3-8(9)7(4-6)5-10/h6-7,12H,1-5H3;2-3,8H,1H3;2-4H,1H3;2-5H,1H3. The number of aldehydes is 2. The topological polar surface area (TPSA) is 52.6 Å². The number of carbonyl (C=O) groups excluding carboxylic acids is 2. The molecule has 0 N–H and O–H groups in total. The highest BCUT2D eigenvalue weighted by molar-refractivity contribution is 14.1. The Hall–Kier alpha value is -1.46. The maximum atomic E-state index is 12.8. The second-order valence-electron chi connectivity index (χ2n) is 12.9. The highest BCUT2D eigenvalue weighted by Gasteiger charge is 2.52. The lowest BCUT2D eigenvalue weighted by Gasteiger charge is -2.32. The van der Waals surface area contributed by atoms with Crippen molar-refractivity contribution in [2.45, 2.75) is 79.4 Å². The number of benzene rings is 4. The predicted octanol–water partition coefficient (Wildman–Crippen LogP) is 13.6. The SMILES string of the molecule is Cc1cc(C(F)F)c(Cl)cc1B1OC(C)(C)C(C)(C)O1.Cc1cc(C(F)F)c(Cl)cc1I.Cc1cc(C=O)c(Cl)cc1I.Cc1ccc(Cl)c(C=O)c1. The van der Waals surface area contributed by atoms with Gasteiger partial charge in [0.2, 0.25) is 0 Å². The van der Waals surface area contributed by atoms with Gasteiger partial charge in [-0.1, -0.05) is 63.6 Å². The minimum Gasteiger partial charge on any atom is -0.399 e. The van der Waals surface area contributed by atoms with Crippen molar-refractivity contribution in [2.75, 3.05) is 0 Å². The van der Waals surface area contributed by atoms with Gasteiger partial charge in [0.25, 0.3) is 12.9 Å². The summed E-state index contributed by atoms with van der Waals surface area (Å²) in [6, 6.07) is 14.8. The minimum atomic E-state index is -2.59. The fourth-order valence-electron chi connectivity index (χ4n) is 4.48. The number of rotatable bonds is 5. The normalized spacial score (nSPS) is 14.1. The van der Waals surface area contributed by atoms with Crippen LogP contribution in [0.15, 0.2) is 54.6 Å². The van der Waals surface area contributed by atoms with Crippen LogP contribution in [0.3, 0.4) is 0 Å². The molecule has 1 aliphatic rings. The lowest BCUT2D eigenvalue weighted by molar-refractivity contribution is 0.00578. The van der Waals surface area contributed by atoms with E-state index in [1.165, 1.54) is 18.2 Å². The molecule has 0 radical (unpaired) electrons. The summed E-state index contributed by atoms with van der Waals surface area (Å²) < 4.78 is 64.0.